The number of nitrogens with one attached hydrogen (secondary N) is 1. The molecule has 5 rings (SSSR count). The molecular weight excluding hydrogens is 340 g/mol. The van der Waals surface area contributed by atoms with Crippen LogP contribution in [0.5, 0.6) is 11.8 Å². The first-order valence-corrected chi connectivity index (χ1v) is 8.45. The molecule has 2 aromatic carbocycles. The number of hydrogen-bond acceptors (Lipinski definition) is 4. The summed E-state index contributed by atoms with van der Waals surface area (Å²) >= 11 is 0. The number of hydrogen-bond donors (Lipinski definition) is 1. The molecule has 3 heterocycles. The maximum atomic E-state index is 12.2. The van der Waals surface area contributed by atoms with E-state index < -0.39 is 0 Å². The zero-order valence-electron chi connectivity index (χ0n) is 14.2. The van der Waals surface area contributed by atoms with E-state index >= 15 is 0 Å². The maximum absolute atomic E-state index is 12.2. The first-order chi connectivity index (χ1) is 13.3. The molecule has 0 amide bonds. The monoisotopic (exact) mass is 354 g/mol. The van der Waals surface area contributed by atoms with Gasteiger partial charge in [-0.1, -0.05) is 18.2 Å². The van der Waals surface area contributed by atoms with E-state index in [-0.39, 0.29) is 11.6 Å². The van der Waals surface area contributed by atoms with Gasteiger partial charge >= 0.3 is 6.01 Å². The maximum Gasteiger partial charge on any atom is 0.302 e. The number of fused-ring (bicyclic) bond motifs is 2. The summed E-state index contributed by atoms with van der Waals surface area (Å²) in [4.78, 5) is 23.1. The van der Waals surface area contributed by atoms with Gasteiger partial charge in [0.15, 0.2) is 0 Å². The van der Waals surface area contributed by atoms with Crippen LogP contribution in [0.2, 0.25) is 0 Å². The van der Waals surface area contributed by atoms with Crippen LogP contribution in [0.3, 0.4) is 0 Å². The molecule has 5 aromatic rings. The summed E-state index contributed by atoms with van der Waals surface area (Å²) in [6, 6.07) is 17.6. The summed E-state index contributed by atoms with van der Waals surface area (Å²) in [6.07, 6.45) is 7.21. The van der Waals surface area contributed by atoms with Crippen LogP contribution in [-0.2, 0) is 0 Å². The Bertz CT molecular complexity index is 1320. The van der Waals surface area contributed by atoms with Crippen LogP contribution in [0, 0.1) is 0 Å². The third-order valence-corrected chi connectivity index (χ3v) is 4.37. The summed E-state index contributed by atoms with van der Waals surface area (Å²) in [7, 11) is 0. The van der Waals surface area contributed by atoms with Crippen molar-refractivity contribution in [2.75, 3.05) is 0 Å². The topological polar surface area (TPSA) is 72.8 Å². The van der Waals surface area contributed by atoms with Crippen molar-refractivity contribution in [3.05, 3.63) is 89.7 Å². The molecule has 0 atom stereocenters. The number of aromatic amines is 1. The van der Waals surface area contributed by atoms with Crippen LogP contribution in [-0.4, -0.2) is 19.5 Å². The number of pyridine rings is 1. The zero-order valence-corrected chi connectivity index (χ0v) is 14.2. The average Bonchev–Trinajstić information content (AvgIpc) is 3.12. The molecule has 0 aliphatic carbocycles. The van der Waals surface area contributed by atoms with E-state index in [1.807, 2.05) is 54.7 Å². The normalized spacial score (nSPS) is 11.1. The van der Waals surface area contributed by atoms with Crippen LogP contribution >= 0.6 is 0 Å². The molecule has 0 unspecified atom stereocenters. The molecule has 27 heavy (non-hydrogen) atoms. The third-order valence-electron chi connectivity index (χ3n) is 4.37. The molecule has 0 aliphatic heterocycles. The fourth-order valence-corrected chi connectivity index (χ4v) is 3.06. The number of H-pyrrole nitrogens is 1. The summed E-state index contributed by atoms with van der Waals surface area (Å²) in [5.41, 5.74) is 1.32. The molecule has 0 saturated carbocycles. The minimum atomic E-state index is -0.256. The molecule has 130 valence electrons. The van der Waals surface area contributed by atoms with Crippen molar-refractivity contribution in [1.29, 1.82) is 0 Å². The second-order valence-electron chi connectivity index (χ2n) is 6.16. The number of rotatable bonds is 3. The predicted octanol–water partition coefficient (Wildman–Crippen LogP) is 4.05. The SMILES string of the molecule is O=c1[nH]c(Oc2ccc3cn(-c4ccccc4)cc3c2)nc2cnccc12. The smallest absolute Gasteiger partial charge is 0.302 e. The van der Waals surface area contributed by atoms with Gasteiger partial charge in [0.1, 0.15) is 5.75 Å². The first-order valence-electron chi connectivity index (χ1n) is 8.45. The van der Waals surface area contributed by atoms with Crippen LogP contribution in [0.25, 0.3) is 27.4 Å². The van der Waals surface area contributed by atoms with Crippen LogP contribution in [0.1, 0.15) is 0 Å². The second kappa shape index (κ2) is 6.10. The molecule has 1 N–H and O–H groups in total. The van der Waals surface area contributed by atoms with Gasteiger partial charge in [-0.25, -0.2) is 0 Å². The van der Waals surface area contributed by atoms with E-state index in [0.29, 0.717) is 16.7 Å². The largest absolute Gasteiger partial charge is 0.426 e. The molecule has 0 radical (unpaired) electrons. The summed E-state index contributed by atoms with van der Waals surface area (Å²) in [5.74, 6) is 0.597. The molecule has 3 aromatic heterocycles. The Hall–Kier alpha value is -3.93. The van der Waals surface area contributed by atoms with Crippen molar-refractivity contribution in [2.24, 2.45) is 0 Å². The minimum Gasteiger partial charge on any atom is -0.426 e. The van der Waals surface area contributed by atoms with E-state index in [1.165, 1.54) is 0 Å². The van der Waals surface area contributed by atoms with Crippen LogP contribution in [0.15, 0.2) is 84.2 Å². The standard InChI is InChI=1S/C21H14N4O2/c26-20-18-8-9-22-11-19(18)23-21(24-20)27-17-7-6-14-12-25(13-15(14)10-17)16-4-2-1-3-5-16/h1-13H,(H,23,24,26). The number of nitrogens with zero attached hydrogens (tertiary/aromatic N) is 3. The van der Waals surface area contributed by atoms with Crippen molar-refractivity contribution in [1.82, 2.24) is 19.5 Å². The highest BCUT2D eigenvalue weighted by atomic mass is 16.5. The summed E-state index contributed by atoms with van der Waals surface area (Å²) in [6.45, 7) is 0. The van der Waals surface area contributed by atoms with E-state index in [1.54, 1.807) is 18.5 Å². The molecule has 6 heteroatoms. The van der Waals surface area contributed by atoms with Gasteiger partial charge in [0.2, 0.25) is 0 Å². The van der Waals surface area contributed by atoms with Gasteiger partial charge in [-0.2, -0.15) is 4.98 Å². The summed E-state index contributed by atoms with van der Waals surface area (Å²) < 4.78 is 7.85. The van der Waals surface area contributed by atoms with Crippen LogP contribution in [0.4, 0.5) is 0 Å². The lowest BCUT2D eigenvalue weighted by molar-refractivity contribution is 0.443. The first kappa shape index (κ1) is 15.3. The molecular formula is C21H14N4O2. The van der Waals surface area contributed by atoms with Crippen LogP contribution < -0.4 is 10.3 Å². The Balaban J connectivity index is 1.51. The number of ether oxygens (including phenoxy) is 1. The number of para-hydroxylation sites is 1. The van der Waals surface area contributed by atoms with Gasteiger partial charge in [0, 0.05) is 35.1 Å². The van der Waals surface area contributed by atoms with Gasteiger partial charge in [-0.15, -0.1) is 0 Å². The van der Waals surface area contributed by atoms with Gasteiger partial charge in [0.25, 0.3) is 5.56 Å². The van der Waals surface area contributed by atoms with Crippen molar-refractivity contribution in [2.45, 2.75) is 0 Å². The number of benzene rings is 2. The molecule has 0 bridgehead atoms. The second-order valence-corrected chi connectivity index (χ2v) is 6.16. The van der Waals surface area contributed by atoms with Crippen molar-refractivity contribution in [3.8, 4) is 17.4 Å². The lowest BCUT2D eigenvalue weighted by Gasteiger charge is -2.05. The van der Waals surface area contributed by atoms with Crippen molar-refractivity contribution in [3.63, 3.8) is 0 Å². The van der Waals surface area contributed by atoms with Gasteiger partial charge in [0.05, 0.1) is 17.1 Å². The van der Waals surface area contributed by atoms with Gasteiger partial charge in [-0.3, -0.25) is 14.8 Å². The average molecular weight is 354 g/mol. The van der Waals surface area contributed by atoms with E-state index in [2.05, 4.69) is 25.7 Å². The molecule has 6 nitrogen and oxygen atoms in total. The van der Waals surface area contributed by atoms with Gasteiger partial charge in [-0.05, 0) is 36.4 Å². The molecule has 0 aliphatic rings. The predicted molar refractivity (Wildman–Crippen MR) is 104 cm³/mol. The fraction of sp³-hybridized carbons (Fsp3) is 0. The quantitative estimate of drug-likeness (QED) is 0.530. The minimum absolute atomic E-state index is 0.141. The Morgan fingerprint density at radius 1 is 0.963 bits per heavy atom. The lowest BCUT2D eigenvalue weighted by Crippen LogP contribution is -2.09. The highest BCUT2D eigenvalue weighted by Crippen LogP contribution is 2.26. The Morgan fingerprint density at radius 3 is 2.70 bits per heavy atom. The molecule has 0 fully saturated rings. The van der Waals surface area contributed by atoms with Crippen molar-refractivity contribution < 1.29 is 4.74 Å². The lowest BCUT2D eigenvalue weighted by atomic mass is 10.2. The molecule has 0 saturated heterocycles. The van der Waals surface area contributed by atoms with E-state index in [4.69, 9.17) is 4.74 Å². The van der Waals surface area contributed by atoms with Gasteiger partial charge < -0.3 is 9.30 Å². The Morgan fingerprint density at radius 2 is 1.81 bits per heavy atom. The Labute approximate surface area is 153 Å². The Kier molecular flexibility index (Phi) is 3.47. The zero-order chi connectivity index (χ0) is 18.2. The molecule has 0 spiro atoms. The fourth-order valence-electron chi connectivity index (χ4n) is 3.06. The highest BCUT2D eigenvalue weighted by Gasteiger charge is 2.07. The number of aromatic nitrogens is 4. The van der Waals surface area contributed by atoms with E-state index in [0.717, 1.165) is 16.5 Å². The highest BCUT2D eigenvalue weighted by molar-refractivity contribution is 5.84. The van der Waals surface area contributed by atoms with E-state index in [9.17, 15) is 4.79 Å². The summed E-state index contributed by atoms with van der Waals surface area (Å²) in [5, 5.41) is 2.60. The third kappa shape index (κ3) is 2.83. The van der Waals surface area contributed by atoms with Crippen molar-refractivity contribution >= 4 is 21.7 Å².